The smallest absolute Gasteiger partial charge is 0.481 e. The monoisotopic (exact) mass is 478 g/mol. The molecule has 8 nitrogen and oxygen atoms in total. The first-order valence-electron chi connectivity index (χ1n) is 9.09. The van der Waals surface area contributed by atoms with E-state index in [9.17, 15) is 36.2 Å². The SMILES string of the molecule is COc1ccc2nc(NC(=O)CC(C)(O)C(F)(F)F)n(-c3ccc(OC(F)(F)F)cc3)c2n1. The first-order valence-corrected chi connectivity index (χ1v) is 9.09. The lowest BCUT2D eigenvalue weighted by atomic mass is 10.0. The summed E-state index contributed by atoms with van der Waals surface area (Å²) in [7, 11) is 1.33. The van der Waals surface area contributed by atoms with E-state index in [4.69, 9.17) is 4.74 Å². The number of carbonyl (C=O) groups excluding carboxylic acids is 1. The molecule has 0 radical (unpaired) electrons. The largest absolute Gasteiger partial charge is 0.573 e. The van der Waals surface area contributed by atoms with E-state index in [0.717, 1.165) is 12.1 Å². The zero-order valence-corrected chi connectivity index (χ0v) is 17.0. The molecule has 14 heteroatoms. The summed E-state index contributed by atoms with van der Waals surface area (Å²) < 4.78 is 86.1. The van der Waals surface area contributed by atoms with Gasteiger partial charge in [-0.1, -0.05) is 0 Å². The number of carbonyl (C=O) groups is 1. The number of alkyl halides is 6. The fourth-order valence-electron chi connectivity index (χ4n) is 2.76. The molecule has 1 atom stereocenters. The number of aromatic nitrogens is 3. The Hall–Kier alpha value is -3.55. The molecule has 0 aliphatic carbocycles. The van der Waals surface area contributed by atoms with Crippen LogP contribution in [0.5, 0.6) is 11.6 Å². The average Bonchev–Trinajstić information content (AvgIpc) is 3.02. The quantitative estimate of drug-likeness (QED) is 0.521. The van der Waals surface area contributed by atoms with E-state index < -0.39 is 36.2 Å². The van der Waals surface area contributed by atoms with Gasteiger partial charge in [0, 0.05) is 6.07 Å². The van der Waals surface area contributed by atoms with Gasteiger partial charge in [-0.25, -0.2) is 4.98 Å². The Kier molecular flexibility index (Phi) is 6.15. The van der Waals surface area contributed by atoms with Crippen molar-refractivity contribution in [3.63, 3.8) is 0 Å². The molecule has 0 spiro atoms. The van der Waals surface area contributed by atoms with Crippen molar-refractivity contribution in [2.24, 2.45) is 0 Å². The van der Waals surface area contributed by atoms with Crippen molar-refractivity contribution in [3.05, 3.63) is 36.4 Å². The first-order chi connectivity index (χ1) is 15.2. The minimum atomic E-state index is -5.06. The summed E-state index contributed by atoms with van der Waals surface area (Å²) >= 11 is 0. The Labute approximate surface area is 181 Å². The summed E-state index contributed by atoms with van der Waals surface area (Å²) in [5.41, 5.74) is -2.85. The number of hydrogen-bond donors (Lipinski definition) is 2. The third-order valence-corrected chi connectivity index (χ3v) is 4.38. The lowest BCUT2D eigenvalue weighted by Gasteiger charge is -2.25. The van der Waals surface area contributed by atoms with E-state index in [0.29, 0.717) is 6.92 Å². The molecule has 0 aliphatic rings. The molecule has 2 aromatic heterocycles. The Balaban J connectivity index is 2.02. The number of nitrogens with zero attached hydrogens (tertiary/aromatic N) is 3. The summed E-state index contributed by atoms with van der Waals surface area (Å²) in [6.45, 7) is 0.446. The van der Waals surface area contributed by atoms with Crippen LogP contribution in [0, 0.1) is 0 Å². The maximum absolute atomic E-state index is 12.9. The number of hydrogen-bond acceptors (Lipinski definition) is 6. The molecule has 0 bridgehead atoms. The Bertz CT molecular complexity index is 1160. The molecule has 1 amide bonds. The van der Waals surface area contributed by atoms with Gasteiger partial charge in [0.2, 0.25) is 17.7 Å². The van der Waals surface area contributed by atoms with Crippen LogP contribution in [0.4, 0.5) is 32.3 Å². The highest BCUT2D eigenvalue weighted by Crippen LogP contribution is 2.33. The normalized spacial score (nSPS) is 14.1. The molecule has 1 aromatic carbocycles. The summed E-state index contributed by atoms with van der Waals surface area (Å²) in [6.07, 6.45) is -11.3. The Morgan fingerprint density at radius 1 is 1.06 bits per heavy atom. The van der Waals surface area contributed by atoms with Gasteiger partial charge < -0.3 is 14.6 Å². The molecule has 3 aromatic rings. The van der Waals surface area contributed by atoms with E-state index in [2.05, 4.69) is 20.0 Å². The number of rotatable bonds is 6. The predicted octanol–water partition coefficient (Wildman–Crippen LogP) is 3.97. The lowest BCUT2D eigenvalue weighted by molar-refractivity contribution is -0.274. The lowest BCUT2D eigenvalue weighted by Crippen LogP contribution is -2.45. The summed E-state index contributed by atoms with van der Waals surface area (Å²) in [5, 5.41) is 11.7. The van der Waals surface area contributed by atoms with Crippen LogP contribution in [0.3, 0.4) is 0 Å². The second-order valence-electron chi connectivity index (χ2n) is 7.01. The van der Waals surface area contributed by atoms with E-state index in [1.807, 2.05) is 0 Å². The molecule has 0 aliphatic heterocycles. The molecule has 0 saturated heterocycles. The molecule has 178 valence electrons. The molecule has 33 heavy (non-hydrogen) atoms. The van der Waals surface area contributed by atoms with Crippen LogP contribution in [0.25, 0.3) is 16.9 Å². The van der Waals surface area contributed by atoms with Gasteiger partial charge in [-0.15, -0.1) is 13.2 Å². The fraction of sp³-hybridized carbons (Fsp3) is 0.316. The zero-order valence-electron chi connectivity index (χ0n) is 17.0. The third-order valence-electron chi connectivity index (χ3n) is 4.38. The number of pyridine rings is 1. The number of ether oxygens (including phenoxy) is 2. The van der Waals surface area contributed by atoms with Gasteiger partial charge >= 0.3 is 12.5 Å². The summed E-state index contributed by atoms with van der Waals surface area (Å²) in [4.78, 5) is 20.6. The van der Waals surface area contributed by atoms with Gasteiger partial charge in [0.05, 0.1) is 19.2 Å². The second-order valence-corrected chi connectivity index (χ2v) is 7.01. The molecular formula is C19H16F6N4O4. The van der Waals surface area contributed by atoms with Gasteiger partial charge in [-0.3, -0.25) is 14.7 Å². The summed E-state index contributed by atoms with van der Waals surface area (Å²) in [5.74, 6) is -1.87. The van der Waals surface area contributed by atoms with Crippen molar-refractivity contribution >= 4 is 23.0 Å². The molecule has 3 rings (SSSR count). The molecule has 2 heterocycles. The number of nitrogens with one attached hydrogen (secondary N) is 1. The molecule has 1 unspecified atom stereocenters. The van der Waals surface area contributed by atoms with E-state index in [1.165, 1.54) is 35.9 Å². The van der Waals surface area contributed by atoms with Crippen LogP contribution in [0.15, 0.2) is 36.4 Å². The van der Waals surface area contributed by atoms with Crippen LogP contribution < -0.4 is 14.8 Å². The molecule has 0 saturated carbocycles. The van der Waals surface area contributed by atoms with Crippen LogP contribution in [-0.4, -0.2) is 50.8 Å². The van der Waals surface area contributed by atoms with E-state index in [-0.39, 0.29) is 28.7 Å². The Morgan fingerprint density at radius 3 is 2.24 bits per heavy atom. The number of halogens is 6. The number of benzene rings is 1. The number of aliphatic hydroxyl groups is 1. The van der Waals surface area contributed by atoms with Gasteiger partial charge in [0.1, 0.15) is 11.3 Å². The molecule has 2 N–H and O–H groups in total. The van der Waals surface area contributed by atoms with Crippen molar-refractivity contribution < 1.29 is 45.7 Å². The summed E-state index contributed by atoms with van der Waals surface area (Å²) in [6, 6.07) is 7.29. The van der Waals surface area contributed by atoms with Crippen LogP contribution in [0.1, 0.15) is 13.3 Å². The van der Waals surface area contributed by atoms with Crippen molar-refractivity contribution in [1.82, 2.24) is 14.5 Å². The third kappa shape index (κ3) is 5.45. The van der Waals surface area contributed by atoms with Gasteiger partial charge in [-0.05, 0) is 37.3 Å². The fourth-order valence-corrected chi connectivity index (χ4v) is 2.76. The van der Waals surface area contributed by atoms with Crippen LogP contribution in [-0.2, 0) is 4.79 Å². The molecule has 0 fully saturated rings. The van der Waals surface area contributed by atoms with Crippen LogP contribution in [0.2, 0.25) is 0 Å². The number of imidazole rings is 1. The highest BCUT2D eigenvalue weighted by molar-refractivity contribution is 5.92. The number of amides is 1. The minimum Gasteiger partial charge on any atom is -0.481 e. The highest BCUT2D eigenvalue weighted by Gasteiger charge is 2.51. The number of methoxy groups -OCH3 is 1. The van der Waals surface area contributed by atoms with Gasteiger partial charge in [0.15, 0.2) is 11.2 Å². The zero-order chi connectivity index (χ0) is 24.6. The van der Waals surface area contributed by atoms with Crippen molar-refractivity contribution in [3.8, 4) is 17.3 Å². The van der Waals surface area contributed by atoms with Crippen molar-refractivity contribution in [2.75, 3.05) is 12.4 Å². The van der Waals surface area contributed by atoms with E-state index >= 15 is 0 Å². The second kappa shape index (κ2) is 8.42. The van der Waals surface area contributed by atoms with Gasteiger partial charge in [0.25, 0.3) is 0 Å². The maximum atomic E-state index is 12.9. The topological polar surface area (TPSA) is 98.5 Å². The van der Waals surface area contributed by atoms with Crippen molar-refractivity contribution in [1.29, 1.82) is 0 Å². The minimum absolute atomic E-state index is 0.0942. The highest BCUT2D eigenvalue weighted by atomic mass is 19.4. The van der Waals surface area contributed by atoms with E-state index in [1.54, 1.807) is 0 Å². The maximum Gasteiger partial charge on any atom is 0.573 e. The standard InChI is InChI=1S/C19H16F6N4O4/c1-17(31,18(20,21)22)9-13(30)27-16-26-12-7-8-14(32-2)28-15(12)29(16)10-3-5-11(6-4-10)33-19(23,24)25/h3-8,31H,9H2,1-2H3,(H,26,27,30). The number of anilines is 1. The predicted molar refractivity (Wildman–Crippen MR) is 102 cm³/mol. The first kappa shape index (κ1) is 24.1. The number of fused-ring (bicyclic) bond motifs is 1. The average molecular weight is 478 g/mol. The van der Waals surface area contributed by atoms with Crippen LogP contribution >= 0.6 is 0 Å². The van der Waals surface area contributed by atoms with Crippen molar-refractivity contribution in [2.45, 2.75) is 31.5 Å². The van der Waals surface area contributed by atoms with Gasteiger partial charge in [-0.2, -0.15) is 18.2 Å². The molecular weight excluding hydrogens is 462 g/mol. The Morgan fingerprint density at radius 2 is 1.70 bits per heavy atom.